The van der Waals surface area contributed by atoms with Crippen LogP contribution in [0, 0.1) is 5.92 Å². The zero-order valence-corrected chi connectivity index (χ0v) is 31.2. The second-order valence-corrected chi connectivity index (χ2v) is 19.1. The van der Waals surface area contributed by atoms with E-state index in [-0.39, 0.29) is 41.9 Å². The first-order valence-corrected chi connectivity index (χ1v) is 20.8. The molecule has 4 aromatic carbocycles. The SMILES string of the molecule is COc1ccc([Si](C)(C)[C@H]2[C@H](CCn3cc(C(CO)c4ccccc4)nn3)O[C@@]3(C(=O)N(C)c4ccc(NC(=O)c5ccccc5)cc43)[C@@H]2C)cc1. The largest absolute Gasteiger partial charge is 0.497 e. The highest BCUT2D eigenvalue weighted by Gasteiger charge is 2.65. The van der Waals surface area contributed by atoms with Crippen molar-refractivity contribution in [2.45, 2.75) is 56.1 Å². The first-order chi connectivity index (χ1) is 25.1. The summed E-state index contributed by atoms with van der Waals surface area (Å²) in [6, 6.07) is 32.8. The van der Waals surface area contributed by atoms with Crippen LogP contribution in [0.15, 0.2) is 109 Å². The number of aliphatic hydroxyl groups excluding tert-OH is 1. The van der Waals surface area contributed by atoms with Crippen LogP contribution in [0.1, 0.15) is 46.4 Å². The molecule has 268 valence electrons. The molecule has 2 N–H and O–H groups in total. The number of likely N-dealkylation sites (N-methyl/N-ethyl adjacent to an activating group) is 1. The minimum atomic E-state index is -2.36. The van der Waals surface area contributed by atoms with E-state index >= 15 is 0 Å². The van der Waals surface area contributed by atoms with Crippen molar-refractivity contribution in [3.05, 3.63) is 132 Å². The molecule has 3 heterocycles. The molecule has 10 nitrogen and oxygen atoms in total. The van der Waals surface area contributed by atoms with E-state index in [0.717, 1.165) is 22.6 Å². The Morgan fingerprint density at radius 3 is 2.38 bits per heavy atom. The molecule has 2 aliphatic rings. The number of rotatable bonds is 11. The van der Waals surface area contributed by atoms with Crippen molar-refractivity contribution in [3.8, 4) is 5.75 Å². The van der Waals surface area contributed by atoms with Gasteiger partial charge in [-0.1, -0.05) is 91.1 Å². The Kier molecular flexibility index (Phi) is 9.60. The van der Waals surface area contributed by atoms with E-state index in [1.165, 1.54) is 5.19 Å². The van der Waals surface area contributed by atoms with Crippen LogP contribution in [0.4, 0.5) is 11.4 Å². The molecule has 52 heavy (non-hydrogen) atoms. The van der Waals surface area contributed by atoms with E-state index in [9.17, 15) is 14.7 Å². The summed E-state index contributed by atoms with van der Waals surface area (Å²) in [5.74, 6) is -0.0113. The molecule has 1 fully saturated rings. The lowest BCUT2D eigenvalue weighted by Crippen LogP contribution is -2.51. The fourth-order valence-corrected chi connectivity index (χ4v) is 12.5. The molecule has 1 saturated heterocycles. The third kappa shape index (κ3) is 6.12. The maximum absolute atomic E-state index is 14.6. The fraction of sp³-hybridized carbons (Fsp3) is 0.317. The van der Waals surface area contributed by atoms with Crippen molar-refractivity contribution in [3.63, 3.8) is 0 Å². The fourth-order valence-electron chi connectivity index (χ4n) is 8.46. The summed E-state index contributed by atoms with van der Waals surface area (Å²) in [7, 11) is 1.10. The third-order valence-corrected chi connectivity index (χ3v) is 15.6. The minimum Gasteiger partial charge on any atom is -0.497 e. The second kappa shape index (κ2) is 14.1. The summed E-state index contributed by atoms with van der Waals surface area (Å²) in [6.45, 7) is 7.29. The minimum absolute atomic E-state index is 0.0317. The summed E-state index contributed by atoms with van der Waals surface area (Å²) in [5.41, 5.74) is 3.15. The van der Waals surface area contributed by atoms with Crippen molar-refractivity contribution in [2.24, 2.45) is 5.92 Å². The average Bonchev–Trinajstić information content (AvgIpc) is 3.82. The summed E-state index contributed by atoms with van der Waals surface area (Å²) in [5, 5.41) is 23.4. The van der Waals surface area contributed by atoms with E-state index in [4.69, 9.17) is 9.47 Å². The molecule has 5 atom stereocenters. The lowest BCUT2D eigenvalue weighted by atomic mass is 9.82. The highest BCUT2D eigenvalue weighted by Crippen LogP contribution is 2.60. The number of benzene rings is 4. The van der Waals surface area contributed by atoms with Crippen molar-refractivity contribution in [1.82, 2.24) is 15.0 Å². The van der Waals surface area contributed by atoms with Gasteiger partial charge in [-0.2, -0.15) is 0 Å². The number of carbonyl (C=O) groups excluding carboxylic acids is 2. The number of carbonyl (C=O) groups is 2. The summed E-state index contributed by atoms with van der Waals surface area (Å²) >= 11 is 0. The Labute approximate surface area is 305 Å². The van der Waals surface area contributed by atoms with E-state index in [0.29, 0.717) is 29.9 Å². The van der Waals surface area contributed by atoms with Gasteiger partial charge in [-0.15, -0.1) is 5.10 Å². The zero-order valence-electron chi connectivity index (χ0n) is 30.2. The van der Waals surface area contributed by atoms with Gasteiger partial charge in [0.2, 0.25) is 0 Å². The van der Waals surface area contributed by atoms with Gasteiger partial charge in [0.1, 0.15) is 5.75 Å². The maximum Gasteiger partial charge on any atom is 0.264 e. The third-order valence-electron chi connectivity index (χ3n) is 11.2. The number of aliphatic hydroxyl groups is 1. The van der Waals surface area contributed by atoms with Crippen LogP contribution in [-0.4, -0.2) is 66.9 Å². The Morgan fingerprint density at radius 1 is 1.02 bits per heavy atom. The van der Waals surface area contributed by atoms with E-state index in [1.807, 2.05) is 89.7 Å². The van der Waals surface area contributed by atoms with Crippen LogP contribution in [0.3, 0.4) is 0 Å². The molecule has 0 bridgehead atoms. The number of anilines is 2. The molecule has 7 rings (SSSR count). The van der Waals surface area contributed by atoms with Gasteiger partial charge in [0, 0.05) is 42.5 Å². The number of ether oxygens (including phenoxy) is 2. The Balaban J connectivity index is 1.24. The van der Waals surface area contributed by atoms with Crippen molar-refractivity contribution >= 4 is 36.4 Å². The Bertz CT molecular complexity index is 2060. The first-order valence-electron chi connectivity index (χ1n) is 17.8. The predicted molar refractivity (Wildman–Crippen MR) is 204 cm³/mol. The standard InChI is InChI=1S/C41H45N5O5Si/c1-27-38(52(4,5)32-19-17-31(50-3)18-20-32)37(22-23-46-25-35(43-44-46)33(26-47)28-12-8-6-9-13-28)51-41(27)34-24-30(16-21-36(34)45(2)40(41)49)42-39(48)29-14-10-7-11-15-29/h6-21,24-25,27,33,37-38,47H,22-23,26H2,1-5H3,(H,42,48)/t27-,33?,37+,38-,41+/m1/s1. The maximum atomic E-state index is 14.6. The number of aryl methyl sites for hydroxylation is 1. The van der Waals surface area contributed by atoms with Crippen LogP contribution < -0.4 is 20.1 Å². The zero-order chi connectivity index (χ0) is 36.6. The summed E-state index contributed by atoms with van der Waals surface area (Å²) < 4.78 is 14.5. The summed E-state index contributed by atoms with van der Waals surface area (Å²) in [6.07, 6.45) is 2.20. The molecule has 1 unspecified atom stereocenters. The van der Waals surface area contributed by atoms with Gasteiger partial charge in [-0.3, -0.25) is 14.3 Å². The highest BCUT2D eigenvalue weighted by molar-refractivity contribution is 6.91. The Hall–Kier alpha value is -5.10. The number of aromatic nitrogens is 3. The molecule has 1 spiro atoms. The van der Waals surface area contributed by atoms with Gasteiger partial charge < -0.3 is 24.8 Å². The van der Waals surface area contributed by atoms with Gasteiger partial charge in [0.25, 0.3) is 11.8 Å². The summed E-state index contributed by atoms with van der Waals surface area (Å²) in [4.78, 5) is 29.4. The van der Waals surface area contributed by atoms with Crippen LogP contribution in [-0.2, 0) is 21.7 Å². The van der Waals surface area contributed by atoms with Gasteiger partial charge in [-0.05, 0) is 60.0 Å². The number of nitrogens with zero attached hydrogens (tertiary/aromatic N) is 4. The van der Waals surface area contributed by atoms with Crippen molar-refractivity contribution in [2.75, 3.05) is 31.0 Å². The molecule has 2 aliphatic heterocycles. The highest BCUT2D eigenvalue weighted by atomic mass is 28.3. The smallest absolute Gasteiger partial charge is 0.264 e. The molecule has 0 saturated carbocycles. The molecule has 5 aromatic rings. The molecule has 1 aromatic heterocycles. The number of hydrogen-bond donors (Lipinski definition) is 2. The number of nitrogens with one attached hydrogen (secondary N) is 1. The van der Waals surface area contributed by atoms with Crippen LogP contribution >= 0.6 is 0 Å². The van der Waals surface area contributed by atoms with Gasteiger partial charge in [-0.25, -0.2) is 0 Å². The van der Waals surface area contributed by atoms with E-state index < -0.39 is 13.7 Å². The number of amides is 2. The van der Waals surface area contributed by atoms with Crippen molar-refractivity contribution < 1.29 is 24.2 Å². The Morgan fingerprint density at radius 2 is 1.71 bits per heavy atom. The lowest BCUT2D eigenvalue weighted by molar-refractivity contribution is -0.145. The molecular formula is C41H45N5O5Si. The number of hydrogen-bond acceptors (Lipinski definition) is 7. The van der Waals surface area contributed by atoms with Gasteiger partial charge in [0.15, 0.2) is 5.60 Å². The second-order valence-electron chi connectivity index (χ2n) is 14.4. The lowest BCUT2D eigenvalue weighted by Gasteiger charge is -2.37. The van der Waals surface area contributed by atoms with Crippen LogP contribution in [0.5, 0.6) is 5.75 Å². The topological polar surface area (TPSA) is 119 Å². The van der Waals surface area contributed by atoms with E-state index in [1.54, 1.807) is 31.2 Å². The molecule has 11 heteroatoms. The monoisotopic (exact) mass is 715 g/mol. The normalized spacial score (nSPS) is 21.7. The van der Waals surface area contributed by atoms with Crippen molar-refractivity contribution in [1.29, 1.82) is 0 Å². The molecule has 0 aliphatic carbocycles. The molecule has 0 radical (unpaired) electrons. The quantitative estimate of drug-likeness (QED) is 0.163. The van der Waals surface area contributed by atoms with Crippen LogP contribution in [0.25, 0.3) is 0 Å². The average molecular weight is 716 g/mol. The number of fused-ring (bicyclic) bond motifs is 2. The van der Waals surface area contributed by atoms with E-state index in [2.05, 4.69) is 47.8 Å². The predicted octanol–water partition coefficient (Wildman–Crippen LogP) is 5.95. The van der Waals surface area contributed by atoms with Crippen LogP contribution in [0.2, 0.25) is 18.6 Å². The van der Waals surface area contributed by atoms with Gasteiger partial charge >= 0.3 is 0 Å². The van der Waals surface area contributed by atoms with Gasteiger partial charge in [0.05, 0.1) is 45.2 Å². The first kappa shape index (κ1) is 35.3. The number of methoxy groups -OCH3 is 1. The molecular weight excluding hydrogens is 671 g/mol. The molecule has 2 amide bonds.